The average Bonchev–Trinajstić information content (AvgIpc) is 3.29. The first-order valence-corrected chi connectivity index (χ1v) is 12.2. The van der Waals surface area contributed by atoms with Crippen molar-refractivity contribution in [3.05, 3.63) is 94.7 Å². The van der Waals surface area contributed by atoms with Crippen LogP contribution in [0.2, 0.25) is 0 Å². The molecule has 2 aromatic heterocycles. The van der Waals surface area contributed by atoms with Gasteiger partial charge in [-0.05, 0) is 55.3 Å². The van der Waals surface area contributed by atoms with Gasteiger partial charge in [0.15, 0.2) is 11.6 Å². The lowest BCUT2D eigenvalue weighted by Crippen LogP contribution is -2.26. The van der Waals surface area contributed by atoms with Crippen LogP contribution < -0.4 is 15.6 Å². The van der Waals surface area contributed by atoms with Crippen molar-refractivity contribution in [1.82, 2.24) is 19.4 Å². The number of amides is 2. The number of likely N-dealkylation sites (N-methyl/N-ethyl adjacent to an activating group) is 1. The number of H-pyrrole nitrogens is 1. The third-order valence-electron chi connectivity index (χ3n) is 5.71. The maximum absolute atomic E-state index is 13.9. The molecule has 2 heterocycles. The monoisotopic (exact) mass is 535 g/mol. The molecule has 0 unspecified atom stereocenters. The predicted molar refractivity (Wildman–Crippen MR) is 143 cm³/mol. The van der Waals surface area contributed by atoms with Gasteiger partial charge in [-0.1, -0.05) is 6.08 Å². The summed E-state index contributed by atoms with van der Waals surface area (Å²) in [5.41, 5.74) is 0.965. The van der Waals surface area contributed by atoms with Crippen LogP contribution in [0.25, 0.3) is 11.0 Å². The maximum Gasteiger partial charge on any atom is 0.274 e. The molecule has 0 spiro atoms. The molecule has 0 saturated heterocycles. The number of allylic oxidation sites excluding steroid dienone is 1. The van der Waals surface area contributed by atoms with Crippen LogP contribution in [-0.4, -0.2) is 45.3 Å². The lowest BCUT2D eigenvalue weighted by atomic mass is 10.2. The Balaban J connectivity index is 1.38. The van der Waals surface area contributed by atoms with Crippen LogP contribution >= 0.6 is 0 Å². The Kier molecular flexibility index (Phi) is 8.50. The molecule has 0 aliphatic rings. The van der Waals surface area contributed by atoms with Gasteiger partial charge in [-0.2, -0.15) is 0 Å². The topological polar surface area (TPSA) is 109 Å². The number of unbranched alkanes of at least 4 members (excludes halogenated alkanes) is 1. The van der Waals surface area contributed by atoms with Gasteiger partial charge in [0.2, 0.25) is 11.8 Å². The fourth-order valence-electron chi connectivity index (χ4n) is 3.71. The van der Waals surface area contributed by atoms with Crippen LogP contribution in [0.4, 0.5) is 14.5 Å². The predicted octanol–water partition coefficient (Wildman–Crippen LogP) is 4.60. The number of hydrogen-bond donors (Lipinski definition) is 2. The van der Waals surface area contributed by atoms with Gasteiger partial charge < -0.3 is 24.5 Å². The summed E-state index contributed by atoms with van der Waals surface area (Å²) in [6, 6.07) is 11.1. The number of fused-ring (bicyclic) bond motifs is 1. The van der Waals surface area contributed by atoms with Crippen molar-refractivity contribution < 1.29 is 23.1 Å². The van der Waals surface area contributed by atoms with Crippen molar-refractivity contribution in [3.8, 4) is 11.5 Å². The smallest absolute Gasteiger partial charge is 0.274 e. The van der Waals surface area contributed by atoms with E-state index in [4.69, 9.17) is 4.74 Å². The average molecular weight is 536 g/mol. The fraction of sp³-hybridized carbons (Fsp3) is 0.214. The molecular formula is C28H27F2N5O4. The number of imidazole rings is 1. The largest absolute Gasteiger partial charge is 0.454 e. The van der Waals surface area contributed by atoms with Gasteiger partial charge in [0.05, 0.1) is 17.6 Å². The quantitative estimate of drug-likeness (QED) is 0.228. The summed E-state index contributed by atoms with van der Waals surface area (Å²) in [5.74, 6) is -1.25. The van der Waals surface area contributed by atoms with E-state index in [0.717, 1.165) is 12.1 Å². The number of aromatic amines is 1. The fourth-order valence-corrected chi connectivity index (χ4v) is 3.71. The number of carbonyl (C=O) groups is 2. The second-order valence-corrected chi connectivity index (χ2v) is 8.97. The van der Waals surface area contributed by atoms with Crippen molar-refractivity contribution >= 4 is 28.5 Å². The highest BCUT2D eigenvalue weighted by Crippen LogP contribution is 2.27. The summed E-state index contributed by atoms with van der Waals surface area (Å²) < 4.78 is 34.0. The van der Waals surface area contributed by atoms with Crippen LogP contribution in [0.15, 0.2) is 71.7 Å². The van der Waals surface area contributed by atoms with Crippen molar-refractivity contribution in [1.29, 1.82) is 0 Å². The van der Waals surface area contributed by atoms with Gasteiger partial charge in [0.25, 0.3) is 5.56 Å². The van der Waals surface area contributed by atoms with E-state index in [1.807, 2.05) is 0 Å². The van der Waals surface area contributed by atoms with Crippen molar-refractivity contribution in [3.63, 3.8) is 0 Å². The maximum atomic E-state index is 13.9. The zero-order valence-electron chi connectivity index (χ0n) is 21.4. The number of nitrogens with one attached hydrogen (secondary N) is 2. The summed E-state index contributed by atoms with van der Waals surface area (Å²) in [7, 11) is 3.32. The molecule has 4 aromatic rings. The number of rotatable bonds is 10. The number of pyridine rings is 1. The molecule has 202 valence electrons. The lowest BCUT2D eigenvalue weighted by Gasteiger charge is -2.08. The Morgan fingerprint density at radius 2 is 1.97 bits per heavy atom. The van der Waals surface area contributed by atoms with E-state index in [9.17, 15) is 23.2 Å². The summed E-state index contributed by atoms with van der Waals surface area (Å²) in [6.45, 7) is 0.116. The number of halogens is 2. The second kappa shape index (κ2) is 12.2. The zero-order valence-corrected chi connectivity index (χ0v) is 21.4. The van der Waals surface area contributed by atoms with Gasteiger partial charge in [-0.3, -0.25) is 14.4 Å². The van der Waals surface area contributed by atoms with E-state index in [1.54, 1.807) is 50.6 Å². The van der Waals surface area contributed by atoms with E-state index in [1.165, 1.54) is 27.7 Å². The normalized spacial score (nSPS) is 11.2. The van der Waals surface area contributed by atoms with E-state index >= 15 is 0 Å². The molecule has 2 N–H and O–H groups in total. The third-order valence-corrected chi connectivity index (χ3v) is 5.71. The first kappa shape index (κ1) is 27.2. The number of aromatic nitrogens is 3. The number of nitrogens with zero attached hydrogens (tertiary/aromatic N) is 3. The van der Waals surface area contributed by atoms with E-state index < -0.39 is 17.2 Å². The Morgan fingerprint density at radius 1 is 1.15 bits per heavy atom. The molecule has 0 saturated carbocycles. The van der Waals surface area contributed by atoms with Gasteiger partial charge >= 0.3 is 0 Å². The van der Waals surface area contributed by atoms with Crippen molar-refractivity contribution in [2.75, 3.05) is 19.4 Å². The summed E-state index contributed by atoms with van der Waals surface area (Å²) >= 11 is 0. The van der Waals surface area contributed by atoms with E-state index in [0.29, 0.717) is 35.4 Å². The molecule has 2 amide bonds. The van der Waals surface area contributed by atoms with E-state index in [2.05, 4.69) is 15.3 Å². The highest BCUT2D eigenvalue weighted by molar-refractivity contribution is 5.90. The van der Waals surface area contributed by atoms with Crippen LogP contribution in [0.5, 0.6) is 11.5 Å². The molecule has 4 rings (SSSR count). The Hall–Kier alpha value is -4.80. The molecule has 0 bridgehead atoms. The van der Waals surface area contributed by atoms with Gasteiger partial charge in [-0.15, -0.1) is 0 Å². The van der Waals surface area contributed by atoms with Crippen LogP contribution in [-0.2, 0) is 16.1 Å². The summed E-state index contributed by atoms with van der Waals surface area (Å²) in [6.07, 6.45) is 6.06. The lowest BCUT2D eigenvalue weighted by molar-refractivity contribution is -0.123. The highest BCUT2D eigenvalue weighted by atomic mass is 19.1. The van der Waals surface area contributed by atoms with E-state index in [-0.39, 0.29) is 36.2 Å². The zero-order chi connectivity index (χ0) is 27.9. The molecule has 11 heteroatoms. The van der Waals surface area contributed by atoms with Gasteiger partial charge in [0, 0.05) is 38.8 Å². The Bertz CT molecular complexity index is 1590. The van der Waals surface area contributed by atoms with Crippen molar-refractivity contribution in [2.24, 2.45) is 0 Å². The van der Waals surface area contributed by atoms with Crippen LogP contribution in [0.1, 0.15) is 25.1 Å². The first-order valence-electron chi connectivity index (χ1n) is 12.2. The Labute approximate surface area is 222 Å². The first-order chi connectivity index (χ1) is 18.7. The third kappa shape index (κ3) is 7.16. The second-order valence-electron chi connectivity index (χ2n) is 8.97. The molecular weight excluding hydrogens is 508 g/mol. The summed E-state index contributed by atoms with van der Waals surface area (Å²) in [4.78, 5) is 45.8. The minimum absolute atomic E-state index is 0.114. The van der Waals surface area contributed by atoms with Crippen molar-refractivity contribution in [2.45, 2.75) is 25.8 Å². The standard InChI is InChI=1S/C28H27F2N5O4/c1-34(2)27(37)9-5-3-4-8-26(36)33-22-7-6-14-35(28(22)38)17-25-31-21-12-11-19(16-23(21)32-25)39-24-13-10-18(29)15-20(24)30/h5-7,9-16H,3-4,8,17H2,1-2H3,(H,31,32)(H,33,36)/b9-5+. The number of ether oxygens (including phenoxy) is 1. The van der Waals surface area contributed by atoms with Crippen LogP contribution in [0.3, 0.4) is 0 Å². The Morgan fingerprint density at radius 3 is 2.74 bits per heavy atom. The highest BCUT2D eigenvalue weighted by Gasteiger charge is 2.12. The number of anilines is 1. The number of hydrogen-bond acceptors (Lipinski definition) is 5. The molecule has 0 atom stereocenters. The molecule has 0 fully saturated rings. The SMILES string of the molecule is CN(C)C(=O)/C=C/CCCC(=O)Nc1cccn(Cc2nc3ccc(Oc4ccc(F)cc4F)cc3[nH]2)c1=O. The van der Waals surface area contributed by atoms with Gasteiger partial charge in [-0.25, -0.2) is 13.8 Å². The minimum atomic E-state index is -0.819. The number of benzene rings is 2. The minimum Gasteiger partial charge on any atom is -0.454 e. The molecule has 0 radical (unpaired) electrons. The van der Waals surface area contributed by atoms with Gasteiger partial charge in [0.1, 0.15) is 23.1 Å². The molecule has 39 heavy (non-hydrogen) atoms. The number of carbonyl (C=O) groups excluding carboxylic acids is 2. The van der Waals surface area contributed by atoms with Crippen LogP contribution in [0, 0.1) is 11.6 Å². The molecule has 2 aromatic carbocycles. The molecule has 0 aliphatic carbocycles. The summed E-state index contributed by atoms with van der Waals surface area (Å²) in [5, 5.41) is 2.65. The molecule has 0 aliphatic heterocycles. The molecule has 9 nitrogen and oxygen atoms in total.